The summed E-state index contributed by atoms with van der Waals surface area (Å²) >= 11 is 1.53. The van der Waals surface area contributed by atoms with Crippen molar-refractivity contribution in [2.45, 2.75) is 25.2 Å². The van der Waals surface area contributed by atoms with E-state index in [-0.39, 0.29) is 12.1 Å². The lowest BCUT2D eigenvalue weighted by molar-refractivity contribution is -0.146. The molecule has 2 aromatic rings. The van der Waals surface area contributed by atoms with Crippen molar-refractivity contribution in [3.63, 3.8) is 0 Å². The second-order valence-corrected chi connectivity index (χ2v) is 6.85. The van der Waals surface area contributed by atoms with Crippen molar-refractivity contribution in [3.8, 4) is 0 Å². The highest BCUT2D eigenvalue weighted by Crippen LogP contribution is 2.21. The van der Waals surface area contributed by atoms with Gasteiger partial charge in [-0.2, -0.15) is 0 Å². The number of ether oxygens (including phenoxy) is 1. The molecular weight excluding hydrogens is 360 g/mol. The lowest BCUT2D eigenvalue weighted by Gasteiger charge is -2.07. The SMILES string of the molecule is Cc1ccc(SCCC(=O)OCC(=O)Nc2ccc(F)c(F)c2)cc1C. The van der Waals surface area contributed by atoms with E-state index in [9.17, 15) is 18.4 Å². The highest BCUT2D eigenvalue weighted by molar-refractivity contribution is 7.99. The van der Waals surface area contributed by atoms with E-state index in [1.54, 1.807) is 0 Å². The van der Waals surface area contributed by atoms with E-state index in [0.29, 0.717) is 5.75 Å². The number of thioether (sulfide) groups is 1. The summed E-state index contributed by atoms with van der Waals surface area (Å²) in [7, 11) is 0. The zero-order valence-electron chi connectivity index (χ0n) is 14.5. The fraction of sp³-hybridized carbons (Fsp3) is 0.263. The van der Waals surface area contributed by atoms with Crippen LogP contribution in [0.25, 0.3) is 0 Å². The van der Waals surface area contributed by atoms with Gasteiger partial charge in [0.2, 0.25) is 0 Å². The van der Waals surface area contributed by atoms with Gasteiger partial charge in [0, 0.05) is 22.4 Å². The molecule has 0 bridgehead atoms. The second kappa shape index (κ2) is 9.33. The van der Waals surface area contributed by atoms with Gasteiger partial charge in [0.05, 0.1) is 6.42 Å². The molecule has 26 heavy (non-hydrogen) atoms. The van der Waals surface area contributed by atoms with Crippen LogP contribution in [-0.2, 0) is 14.3 Å². The van der Waals surface area contributed by atoms with Crippen LogP contribution in [0.5, 0.6) is 0 Å². The van der Waals surface area contributed by atoms with Crippen LogP contribution in [0, 0.1) is 25.5 Å². The van der Waals surface area contributed by atoms with Crippen LogP contribution in [0.4, 0.5) is 14.5 Å². The first-order valence-corrected chi connectivity index (χ1v) is 8.94. The third kappa shape index (κ3) is 6.15. The van der Waals surface area contributed by atoms with Crippen LogP contribution in [-0.4, -0.2) is 24.2 Å². The summed E-state index contributed by atoms with van der Waals surface area (Å²) in [6, 6.07) is 9.06. The number of amides is 1. The molecule has 0 saturated heterocycles. The van der Waals surface area contributed by atoms with Crippen LogP contribution in [0.3, 0.4) is 0 Å². The number of nitrogens with one attached hydrogen (secondary N) is 1. The molecule has 7 heteroatoms. The first-order chi connectivity index (χ1) is 12.3. The third-order valence-corrected chi connectivity index (χ3v) is 4.62. The van der Waals surface area contributed by atoms with Crippen molar-refractivity contribution in [2.24, 2.45) is 0 Å². The molecule has 2 aromatic carbocycles. The van der Waals surface area contributed by atoms with Gasteiger partial charge in [0.1, 0.15) is 0 Å². The number of benzene rings is 2. The maximum atomic E-state index is 13.1. The van der Waals surface area contributed by atoms with E-state index in [0.717, 1.165) is 17.0 Å². The standard InChI is InChI=1S/C19H19F2NO3S/c1-12-3-5-15(9-13(12)2)26-8-7-19(24)25-11-18(23)22-14-4-6-16(20)17(21)10-14/h3-6,9-10H,7-8,11H2,1-2H3,(H,22,23). The molecule has 0 unspecified atom stereocenters. The van der Waals surface area contributed by atoms with Crippen molar-refractivity contribution in [1.82, 2.24) is 0 Å². The van der Waals surface area contributed by atoms with Gasteiger partial charge in [0.15, 0.2) is 18.2 Å². The molecule has 0 saturated carbocycles. The molecular formula is C19H19F2NO3S. The van der Waals surface area contributed by atoms with Gasteiger partial charge in [-0.05, 0) is 49.2 Å². The Balaban J connectivity index is 1.69. The maximum absolute atomic E-state index is 13.1. The summed E-state index contributed by atoms with van der Waals surface area (Å²) in [5.74, 6) is -2.65. The lowest BCUT2D eigenvalue weighted by Crippen LogP contribution is -2.21. The minimum Gasteiger partial charge on any atom is -0.456 e. The number of rotatable bonds is 7. The molecule has 0 aromatic heterocycles. The van der Waals surface area contributed by atoms with E-state index in [1.165, 1.54) is 29.0 Å². The Kier molecular flexibility index (Phi) is 7.15. The molecule has 0 radical (unpaired) electrons. The number of carbonyl (C=O) groups is 2. The molecule has 0 fully saturated rings. The fourth-order valence-corrected chi connectivity index (χ4v) is 2.97. The van der Waals surface area contributed by atoms with Crippen LogP contribution in [0.15, 0.2) is 41.3 Å². The molecule has 2 rings (SSSR count). The van der Waals surface area contributed by atoms with Crippen LogP contribution in [0.2, 0.25) is 0 Å². The summed E-state index contributed by atoms with van der Waals surface area (Å²) in [4.78, 5) is 24.4. The van der Waals surface area contributed by atoms with Gasteiger partial charge in [-0.3, -0.25) is 9.59 Å². The average molecular weight is 379 g/mol. The largest absolute Gasteiger partial charge is 0.456 e. The summed E-state index contributed by atoms with van der Waals surface area (Å²) in [5, 5.41) is 2.33. The Labute approximate surface area is 154 Å². The van der Waals surface area contributed by atoms with Gasteiger partial charge in [-0.1, -0.05) is 6.07 Å². The van der Waals surface area contributed by atoms with E-state index >= 15 is 0 Å². The number of carbonyl (C=O) groups excluding carboxylic acids is 2. The molecule has 0 aliphatic heterocycles. The molecule has 0 atom stereocenters. The van der Waals surface area contributed by atoms with Gasteiger partial charge in [-0.15, -0.1) is 11.8 Å². The molecule has 0 aliphatic rings. The summed E-state index contributed by atoms with van der Waals surface area (Å²) in [6.45, 7) is 3.58. The first kappa shape index (κ1) is 19.9. The van der Waals surface area contributed by atoms with Crippen LogP contribution < -0.4 is 5.32 Å². The number of aryl methyl sites for hydroxylation is 2. The van der Waals surface area contributed by atoms with Crippen molar-refractivity contribution in [2.75, 3.05) is 17.7 Å². The van der Waals surface area contributed by atoms with Crippen molar-refractivity contribution in [3.05, 3.63) is 59.2 Å². The maximum Gasteiger partial charge on any atom is 0.307 e. The van der Waals surface area contributed by atoms with Crippen LogP contribution in [0.1, 0.15) is 17.5 Å². The molecule has 1 amide bonds. The molecule has 0 spiro atoms. The van der Waals surface area contributed by atoms with Crippen LogP contribution >= 0.6 is 11.8 Å². The molecule has 4 nitrogen and oxygen atoms in total. The zero-order valence-corrected chi connectivity index (χ0v) is 15.3. The monoisotopic (exact) mass is 379 g/mol. The van der Waals surface area contributed by atoms with E-state index in [1.807, 2.05) is 26.0 Å². The minimum atomic E-state index is -1.07. The van der Waals surface area contributed by atoms with Crippen molar-refractivity contribution in [1.29, 1.82) is 0 Å². The Morgan fingerprint density at radius 1 is 1.04 bits per heavy atom. The number of hydrogen-bond acceptors (Lipinski definition) is 4. The number of anilines is 1. The molecule has 0 aliphatic carbocycles. The van der Waals surface area contributed by atoms with Gasteiger partial charge >= 0.3 is 5.97 Å². The van der Waals surface area contributed by atoms with Gasteiger partial charge in [-0.25, -0.2) is 8.78 Å². The molecule has 138 valence electrons. The highest BCUT2D eigenvalue weighted by atomic mass is 32.2. The second-order valence-electron chi connectivity index (χ2n) is 5.68. The first-order valence-electron chi connectivity index (χ1n) is 7.95. The fourth-order valence-electron chi connectivity index (χ4n) is 2.05. The summed E-state index contributed by atoms with van der Waals surface area (Å²) in [6.07, 6.45) is 0.163. The zero-order chi connectivity index (χ0) is 19.1. The Hall–Kier alpha value is -2.41. The number of hydrogen-bond donors (Lipinski definition) is 1. The lowest BCUT2D eigenvalue weighted by atomic mass is 10.1. The topological polar surface area (TPSA) is 55.4 Å². The van der Waals surface area contributed by atoms with E-state index in [2.05, 4.69) is 11.4 Å². The predicted molar refractivity (Wildman–Crippen MR) is 97.2 cm³/mol. The van der Waals surface area contributed by atoms with E-state index in [4.69, 9.17) is 4.74 Å². The smallest absolute Gasteiger partial charge is 0.307 e. The quantitative estimate of drug-likeness (QED) is 0.577. The summed E-state index contributed by atoms with van der Waals surface area (Å²) in [5.41, 5.74) is 2.49. The number of esters is 1. The number of halogens is 2. The summed E-state index contributed by atoms with van der Waals surface area (Å²) < 4.78 is 30.7. The highest BCUT2D eigenvalue weighted by Gasteiger charge is 2.10. The Morgan fingerprint density at radius 2 is 1.81 bits per heavy atom. The normalized spacial score (nSPS) is 10.5. The van der Waals surface area contributed by atoms with Gasteiger partial charge in [0.25, 0.3) is 5.91 Å². The Bertz CT molecular complexity index is 811. The van der Waals surface area contributed by atoms with Gasteiger partial charge < -0.3 is 10.1 Å². The van der Waals surface area contributed by atoms with Crippen molar-refractivity contribution >= 4 is 29.3 Å². The molecule has 1 N–H and O–H groups in total. The van der Waals surface area contributed by atoms with E-state index < -0.39 is 30.1 Å². The average Bonchev–Trinajstić information content (AvgIpc) is 2.59. The van der Waals surface area contributed by atoms with Crippen molar-refractivity contribution < 1.29 is 23.1 Å². The minimum absolute atomic E-state index is 0.0928. The molecule has 0 heterocycles. The third-order valence-electron chi connectivity index (χ3n) is 3.62. The predicted octanol–water partition coefficient (Wildman–Crippen LogP) is 4.25. The Morgan fingerprint density at radius 3 is 2.50 bits per heavy atom.